The Hall–Kier alpha value is -2.38. The summed E-state index contributed by atoms with van der Waals surface area (Å²) in [6.07, 6.45) is 1.84. The van der Waals surface area contributed by atoms with Gasteiger partial charge in [0, 0.05) is 44.5 Å². The van der Waals surface area contributed by atoms with Crippen LogP contribution in [0.1, 0.15) is 5.56 Å². The predicted octanol–water partition coefficient (Wildman–Crippen LogP) is 2.53. The summed E-state index contributed by atoms with van der Waals surface area (Å²) in [7, 11) is 0. The molecule has 1 unspecified atom stereocenters. The van der Waals surface area contributed by atoms with Gasteiger partial charge in [0.1, 0.15) is 25.2 Å². The Bertz CT molecular complexity index is 768. The first-order valence-electron chi connectivity index (χ1n) is 9.77. The first kappa shape index (κ1) is 19.0. The van der Waals surface area contributed by atoms with Gasteiger partial charge in [0.25, 0.3) is 0 Å². The molecule has 150 valence electrons. The van der Waals surface area contributed by atoms with Crippen LogP contribution in [0, 0.1) is 0 Å². The second-order valence-corrected chi connectivity index (χ2v) is 7.01. The molecule has 0 saturated carbocycles. The van der Waals surface area contributed by atoms with Crippen molar-refractivity contribution in [3.63, 3.8) is 0 Å². The lowest BCUT2D eigenvalue weighted by atomic mass is 10.2. The van der Waals surface area contributed by atoms with Gasteiger partial charge in [-0.3, -0.25) is 4.90 Å². The fourth-order valence-corrected chi connectivity index (χ4v) is 3.65. The van der Waals surface area contributed by atoms with Crippen LogP contribution in [0.25, 0.3) is 0 Å². The molecular formula is C21H26FN3O3. The number of hydrogen-bond acceptors (Lipinski definition) is 6. The first-order chi connectivity index (χ1) is 13.8. The van der Waals surface area contributed by atoms with Crippen LogP contribution in [-0.4, -0.2) is 68.6 Å². The summed E-state index contributed by atoms with van der Waals surface area (Å²) in [5.74, 6) is 2.58. The molecule has 1 aromatic heterocycles. The van der Waals surface area contributed by atoms with Crippen LogP contribution in [0.15, 0.2) is 42.6 Å². The van der Waals surface area contributed by atoms with Crippen LogP contribution in [-0.2, 0) is 11.3 Å². The molecule has 0 spiro atoms. The maximum Gasteiger partial charge on any atom is 0.161 e. The van der Waals surface area contributed by atoms with E-state index in [4.69, 9.17) is 14.2 Å². The molecule has 7 heteroatoms. The number of fused-ring (bicyclic) bond motifs is 1. The van der Waals surface area contributed by atoms with Gasteiger partial charge in [-0.15, -0.1) is 0 Å². The molecule has 2 aliphatic heterocycles. The molecule has 1 saturated heterocycles. The van der Waals surface area contributed by atoms with E-state index in [1.807, 2.05) is 36.4 Å². The van der Waals surface area contributed by atoms with Crippen molar-refractivity contribution < 1.29 is 18.6 Å². The average molecular weight is 387 g/mol. The molecule has 0 N–H and O–H groups in total. The monoisotopic (exact) mass is 387 g/mol. The van der Waals surface area contributed by atoms with Crippen LogP contribution >= 0.6 is 0 Å². The number of hydrogen-bond donors (Lipinski definition) is 0. The lowest BCUT2D eigenvalue weighted by molar-refractivity contribution is 0.0570. The van der Waals surface area contributed by atoms with Gasteiger partial charge in [0.15, 0.2) is 11.5 Å². The van der Waals surface area contributed by atoms with Crippen LogP contribution < -0.4 is 14.4 Å². The molecule has 1 aromatic carbocycles. The van der Waals surface area contributed by atoms with Crippen molar-refractivity contribution in [1.82, 2.24) is 9.88 Å². The van der Waals surface area contributed by atoms with Gasteiger partial charge in [0.2, 0.25) is 0 Å². The fourth-order valence-electron chi connectivity index (χ4n) is 3.65. The third kappa shape index (κ3) is 4.54. The first-order valence-corrected chi connectivity index (χ1v) is 9.77. The van der Waals surface area contributed by atoms with Gasteiger partial charge in [0.05, 0.1) is 13.2 Å². The highest BCUT2D eigenvalue weighted by Gasteiger charge is 2.26. The van der Waals surface area contributed by atoms with Crippen molar-refractivity contribution in [2.45, 2.75) is 12.7 Å². The van der Waals surface area contributed by atoms with E-state index in [9.17, 15) is 4.39 Å². The number of halogens is 1. The summed E-state index contributed by atoms with van der Waals surface area (Å²) < 4.78 is 29.6. The maximum absolute atomic E-state index is 12.3. The minimum atomic E-state index is -0.467. The van der Waals surface area contributed by atoms with E-state index < -0.39 is 6.67 Å². The number of alkyl halides is 1. The summed E-state index contributed by atoms with van der Waals surface area (Å²) >= 11 is 0. The molecule has 0 bridgehead atoms. The third-order valence-corrected chi connectivity index (χ3v) is 5.05. The van der Waals surface area contributed by atoms with E-state index in [1.165, 1.54) is 0 Å². The van der Waals surface area contributed by atoms with Gasteiger partial charge in [-0.05, 0) is 18.2 Å². The smallest absolute Gasteiger partial charge is 0.161 e. The van der Waals surface area contributed by atoms with Crippen molar-refractivity contribution in [1.29, 1.82) is 0 Å². The van der Waals surface area contributed by atoms with Gasteiger partial charge in [-0.2, -0.15) is 0 Å². The SMILES string of the molecule is FCCOCc1cccnc1N1CCN(CC2COc3ccccc3O2)CC1. The second kappa shape index (κ2) is 9.21. The number of pyridine rings is 1. The Morgan fingerprint density at radius 2 is 1.89 bits per heavy atom. The molecule has 2 aliphatic rings. The Balaban J connectivity index is 1.30. The van der Waals surface area contributed by atoms with Crippen molar-refractivity contribution >= 4 is 5.82 Å². The molecule has 0 amide bonds. The lowest BCUT2D eigenvalue weighted by Crippen LogP contribution is -2.51. The van der Waals surface area contributed by atoms with Crippen molar-refractivity contribution in [2.24, 2.45) is 0 Å². The minimum Gasteiger partial charge on any atom is -0.486 e. The van der Waals surface area contributed by atoms with Crippen LogP contribution in [0.2, 0.25) is 0 Å². The van der Waals surface area contributed by atoms with Gasteiger partial charge in [-0.25, -0.2) is 9.37 Å². The van der Waals surface area contributed by atoms with Gasteiger partial charge < -0.3 is 19.1 Å². The largest absolute Gasteiger partial charge is 0.486 e. The molecule has 6 nitrogen and oxygen atoms in total. The molecule has 28 heavy (non-hydrogen) atoms. The quantitative estimate of drug-likeness (QED) is 0.681. The van der Waals surface area contributed by atoms with Gasteiger partial charge >= 0.3 is 0 Å². The minimum absolute atomic E-state index is 0.0426. The van der Waals surface area contributed by atoms with E-state index in [2.05, 4.69) is 14.8 Å². The van der Waals surface area contributed by atoms with E-state index in [1.54, 1.807) is 6.20 Å². The average Bonchev–Trinajstić information content (AvgIpc) is 2.75. The number of benzene rings is 1. The maximum atomic E-state index is 12.3. The Morgan fingerprint density at radius 3 is 2.71 bits per heavy atom. The predicted molar refractivity (Wildman–Crippen MR) is 105 cm³/mol. The number of ether oxygens (including phenoxy) is 3. The standard InChI is InChI=1S/C21H26FN3O3/c22-7-13-26-15-17-4-3-8-23-21(17)25-11-9-24(10-12-25)14-18-16-27-19-5-1-2-6-20(19)28-18/h1-6,8,18H,7,9-16H2. The number of piperazine rings is 1. The normalized spacial score (nSPS) is 19.6. The highest BCUT2D eigenvalue weighted by atomic mass is 19.1. The lowest BCUT2D eigenvalue weighted by Gasteiger charge is -2.38. The van der Waals surface area contributed by atoms with E-state index in [-0.39, 0.29) is 12.7 Å². The molecule has 4 rings (SSSR count). The summed E-state index contributed by atoms with van der Waals surface area (Å²) in [5.41, 5.74) is 1.00. The Morgan fingerprint density at radius 1 is 1.07 bits per heavy atom. The number of anilines is 1. The van der Waals surface area contributed by atoms with Crippen molar-refractivity contribution in [3.05, 3.63) is 48.2 Å². The summed E-state index contributed by atoms with van der Waals surface area (Å²) in [5, 5.41) is 0. The van der Waals surface area contributed by atoms with Crippen molar-refractivity contribution in [3.8, 4) is 11.5 Å². The van der Waals surface area contributed by atoms with Gasteiger partial charge in [-0.1, -0.05) is 18.2 Å². The number of rotatable bonds is 7. The van der Waals surface area contributed by atoms with E-state index in [0.29, 0.717) is 13.2 Å². The molecule has 2 aromatic rings. The molecule has 1 atom stereocenters. The molecule has 3 heterocycles. The second-order valence-electron chi connectivity index (χ2n) is 7.01. The molecule has 0 aliphatic carbocycles. The zero-order valence-corrected chi connectivity index (χ0v) is 15.9. The Labute approximate surface area is 164 Å². The van der Waals surface area contributed by atoms with E-state index >= 15 is 0 Å². The highest BCUT2D eigenvalue weighted by Crippen LogP contribution is 2.31. The zero-order chi connectivity index (χ0) is 19.2. The Kier molecular flexibility index (Phi) is 6.24. The fraction of sp³-hybridized carbons (Fsp3) is 0.476. The van der Waals surface area contributed by atoms with E-state index in [0.717, 1.165) is 55.6 Å². The molecule has 0 radical (unpaired) electrons. The zero-order valence-electron chi connectivity index (χ0n) is 15.9. The molecular weight excluding hydrogens is 361 g/mol. The van der Waals surface area contributed by atoms with Crippen molar-refractivity contribution in [2.75, 3.05) is 57.5 Å². The van der Waals surface area contributed by atoms with Crippen LogP contribution in [0.5, 0.6) is 11.5 Å². The number of para-hydroxylation sites is 2. The summed E-state index contributed by atoms with van der Waals surface area (Å²) in [4.78, 5) is 9.22. The third-order valence-electron chi connectivity index (χ3n) is 5.05. The number of aromatic nitrogens is 1. The summed E-state index contributed by atoms with van der Waals surface area (Å²) in [6.45, 7) is 5.10. The highest BCUT2D eigenvalue weighted by molar-refractivity contribution is 5.47. The summed E-state index contributed by atoms with van der Waals surface area (Å²) in [6, 6.07) is 11.7. The topological polar surface area (TPSA) is 47.1 Å². The van der Waals surface area contributed by atoms with Crippen LogP contribution in [0.3, 0.4) is 0 Å². The number of nitrogens with zero attached hydrogens (tertiary/aromatic N) is 3. The van der Waals surface area contributed by atoms with Crippen LogP contribution in [0.4, 0.5) is 10.2 Å². The molecule has 1 fully saturated rings.